The molecule has 1 aromatic rings. The van der Waals surface area contributed by atoms with Crippen LogP contribution in [0.5, 0.6) is 0 Å². The minimum absolute atomic E-state index is 0.0167. The van der Waals surface area contributed by atoms with E-state index in [2.05, 4.69) is 5.32 Å². The molecular weight excluding hydrogens is 277 g/mol. The molecule has 98 valence electrons. The third-order valence-corrected chi connectivity index (χ3v) is 3.09. The first kappa shape index (κ1) is 14.8. The maximum Gasteiger partial charge on any atom is 0.303 e. The molecule has 4 nitrogen and oxygen atoms in total. The summed E-state index contributed by atoms with van der Waals surface area (Å²) < 4.78 is 0. The predicted molar refractivity (Wildman–Crippen MR) is 70.3 cm³/mol. The second kappa shape index (κ2) is 6.61. The number of nitrogens with one attached hydrogen (secondary N) is 1. The Bertz CT molecular complexity index is 463. The summed E-state index contributed by atoms with van der Waals surface area (Å²) in [4.78, 5) is 22.2. The average molecular weight is 290 g/mol. The van der Waals surface area contributed by atoms with Crippen molar-refractivity contribution in [2.75, 3.05) is 0 Å². The van der Waals surface area contributed by atoms with Crippen molar-refractivity contribution < 1.29 is 14.7 Å². The van der Waals surface area contributed by atoms with Crippen molar-refractivity contribution in [3.8, 4) is 0 Å². The molecule has 0 aliphatic carbocycles. The third kappa shape index (κ3) is 4.55. The van der Waals surface area contributed by atoms with E-state index in [1.165, 1.54) is 6.07 Å². The number of amides is 1. The van der Waals surface area contributed by atoms with E-state index in [-0.39, 0.29) is 18.4 Å². The Labute approximate surface area is 115 Å². The summed E-state index contributed by atoms with van der Waals surface area (Å²) in [5.41, 5.74) is 0.395. The number of hydrogen-bond acceptors (Lipinski definition) is 2. The second-order valence-electron chi connectivity index (χ2n) is 3.94. The molecule has 0 saturated heterocycles. The lowest BCUT2D eigenvalue weighted by Crippen LogP contribution is -2.32. The van der Waals surface area contributed by atoms with Gasteiger partial charge in [0.2, 0.25) is 0 Å². The molecule has 0 spiro atoms. The lowest BCUT2D eigenvalue weighted by atomic mass is 10.1. The Kier molecular flexibility index (Phi) is 5.44. The molecule has 6 heteroatoms. The van der Waals surface area contributed by atoms with E-state index in [1.807, 2.05) is 0 Å². The van der Waals surface area contributed by atoms with Crippen LogP contribution in [0.15, 0.2) is 18.2 Å². The van der Waals surface area contributed by atoms with Crippen LogP contribution in [0.3, 0.4) is 0 Å². The molecule has 0 bridgehead atoms. The molecular formula is C12H13Cl2NO3. The van der Waals surface area contributed by atoms with E-state index in [9.17, 15) is 9.59 Å². The summed E-state index contributed by atoms with van der Waals surface area (Å²) in [6.07, 6.45) is 0.394. The van der Waals surface area contributed by atoms with Gasteiger partial charge >= 0.3 is 5.97 Å². The molecule has 0 aliphatic heterocycles. The van der Waals surface area contributed by atoms with Crippen LogP contribution in [0.2, 0.25) is 10.0 Å². The molecule has 0 heterocycles. The fraction of sp³-hybridized carbons (Fsp3) is 0.333. The Hall–Kier alpha value is -1.26. The molecule has 0 radical (unpaired) electrons. The van der Waals surface area contributed by atoms with Crippen LogP contribution >= 0.6 is 23.2 Å². The molecule has 1 rings (SSSR count). The summed E-state index contributed by atoms with van der Waals surface area (Å²) in [7, 11) is 0. The Morgan fingerprint density at radius 3 is 2.56 bits per heavy atom. The molecule has 0 aromatic heterocycles. The van der Waals surface area contributed by atoms with Gasteiger partial charge in [-0.2, -0.15) is 0 Å². The van der Waals surface area contributed by atoms with Crippen molar-refractivity contribution in [2.24, 2.45) is 0 Å². The first-order valence-corrected chi connectivity index (χ1v) is 6.13. The number of carboxylic acids is 1. The van der Waals surface area contributed by atoms with E-state index < -0.39 is 5.97 Å². The van der Waals surface area contributed by atoms with E-state index in [0.717, 1.165) is 0 Å². The van der Waals surface area contributed by atoms with Crippen LogP contribution < -0.4 is 5.32 Å². The number of carboxylic acid groups (broad SMARTS) is 1. The highest BCUT2D eigenvalue weighted by Gasteiger charge is 2.12. The van der Waals surface area contributed by atoms with Gasteiger partial charge in [0.1, 0.15) is 0 Å². The Morgan fingerprint density at radius 1 is 1.33 bits per heavy atom. The molecule has 0 fully saturated rings. The van der Waals surface area contributed by atoms with Gasteiger partial charge in [0.25, 0.3) is 5.91 Å². The molecule has 1 atom stereocenters. The van der Waals surface area contributed by atoms with E-state index in [4.69, 9.17) is 28.3 Å². The maximum atomic E-state index is 11.8. The SMILES string of the molecule is CC(CCC(=O)O)NC(=O)c1ccc(Cl)c(Cl)c1. The monoisotopic (exact) mass is 289 g/mol. The summed E-state index contributed by atoms with van der Waals surface area (Å²) in [6.45, 7) is 1.75. The van der Waals surface area contributed by atoms with Crippen molar-refractivity contribution in [1.82, 2.24) is 5.32 Å². The summed E-state index contributed by atoms with van der Waals surface area (Å²) in [5.74, 6) is -1.18. The van der Waals surface area contributed by atoms with Gasteiger partial charge in [-0.3, -0.25) is 9.59 Å². The zero-order valence-corrected chi connectivity index (χ0v) is 11.3. The molecule has 0 aliphatic rings. The van der Waals surface area contributed by atoms with Crippen molar-refractivity contribution in [2.45, 2.75) is 25.8 Å². The fourth-order valence-corrected chi connectivity index (χ4v) is 1.65. The highest BCUT2D eigenvalue weighted by atomic mass is 35.5. The van der Waals surface area contributed by atoms with Crippen molar-refractivity contribution in [1.29, 1.82) is 0 Å². The standard InChI is InChI=1S/C12H13Cl2NO3/c1-7(2-5-11(16)17)15-12(18)8-3-4-9(13)10(14)6-8/h3-4,6-7H,2,5H2,1H3,(H,15,18)(H,16,17). The van der Waals surface area contributed by atoms with Gasteiger partial charge in [-0.25, -0.2) is 0 Å². The minimum atomic E-state index is -0.884. The van der Waals surface area contributed by atoms with Gasteiger partial charge in [-0.1, -0.05) is 23.2 Å². The zero-order valence-electron chi connectivity index (χ0n) is 9.74. The first-order chi connectivity index (χ1) is 8.40. The second-order valence-corrected chi connectivity index (χ2v) is 4.75. The summed E-state index contributed by atoms with van der Waals surface area (Å²) in [6, 6.07) is 4.36. The molecule has 1 aromatic carbocycles. The number of halogens is 2. The van der Waals surface area contributed by atoms with E-state index in [1.54, 1.807) is 19.1 Å². The number of rotatable bonds is 5. The average Bonchev–Trinajstić information content (AvgIpc) is 2.30. The molecule has 2 N–H and O–H groups in total. The quantitative estimate of drug-likeness (QED) is 0.876. The van der Waals surface area contributed by atoms with Gasteiger partial charge in [0, 0.05) is 18.0 Å². The number of carbonyl (C=O) groups excluding carboxylic acids is 1. The number of hydrogen-bond donors (Lipinski definition) is 2. The number of benzene rings is 1. The van der Waals surface area contributed by atoms with Crippen LogP contribution in [0.1, 0.15) is 30.1 Å². The first-order valence-electron chi connectivity index (χ1n) is 5.38. The van der Waals surface area contributed by atoms with E-state index in [0.29, 0.717) is 22.0 Å². The predicted octanol–water partition coefficient (Wildman–Crippen LogP) is 2.98. The number of carbonyl (C=O) groups is 2. The molecule has 0 saturated carbocycles. The molecule has 18 heavy (non-hydrogen) atoms. The van der Waals surface area contributed by atoms with Crippen molar-refractivity contribution >= 4 is 35.1 Å². The van der Waals surface area contributed by atoms with Crippen LogP contribution in [0.25, 0.3) is 0 Å². The highest BCUT2D eigenvalue weighted by Crippen LogP contribution is 2.22. The fourth-order valence-electron chi connectivity index (χ4n) is 1.36. The van der Waals surface area contributed by atoms with Gasteiger partial charge in [-0.05, 0) is 31.5 Å². The van der Waals surface area contributed by atoms with Gasteiger partial charge in [0.15, 0.2) is 0 Å². The number of aliphatic carboxylic acids is 1. The van der Waals surface area contributed by atoms with Crippen molar-refractivity contribution in [3.05, 3.63) is 33.8 Å². The van der Waals surface area contributed by atoms with E-state index >= 15 is 0 Å². The Morgan fingerprint density at radius 2 is 2.00 bits per heavy atom. The highest BCUT2D eigenvalue weighted by molar-refractivity contribution is 6.42. The van der Waals surface area contributed by atoms with Crippen LogP contribution in [-0.4, -0.2) is 23.0 Å². The van der Waals surface area contributed by atoms with Crippen LogP contribution in [0, 0.1) is 0 Å². The Balaban J connectivity index is 2.59. The summed E-state index contributed by atoms with van der Waals surface area (Å²) >= 11 is 11.6. The third-order valence-electron chi connectivity index (χ3n) is 2.35. The lowest BCUT2D eigenvalue weighted by molar-refractivity contribution is -0.137. The van der Waals surface area contributed by atoms with Gasteiger partial charge < -0.3 is 10.4 Å². The molecule has 1 unspecified atom stereocenters. The van der Waals surface area contributed by atoms with Gasteiger partial charge in [0.05, 0.1) is 10.0 Å². The largest absolute Gasteiger partial charge is 0.481 e. The lowest BCUT2D eigenvalue weighted by Gasteiger charge is -2.13. The smallest absolute Gasteiger partial charge is 0.303 e. The van der Waals surface area contributed by atoms with Crippen LogP contribution in [-0.2, 0) is 4.79 Å². The zero-order chi connectivity index (χ0) is 13.7. The minimum Gasteiger partial charge on any atom is -0.481 e. The summed E-state index contributed by atoms with van der Waals surface area (Å²) in [5, 5.41) is 11.9. The van der Waals surface area contributed by atoms with Gasteiger partial charge in [-0.15, -0.1) is 0 Å². The topological polar surface area (TPSA) is 66.4 Å². The maximum absolute atomic E-state index is 11.8. The van der Waals surface area contributed by atoms with Crippen molar-refractivity contribution in [3.63, 3.8) is 0 Å². The van der Waals surface area contributed by atoms with Crippen LogP contribution in [0.4, 0.5) is 0 Å². The molecule has 1 amide bonds. The normalized spacial score (nSPS) is 11.9.